The fourth-order valence-corrected chi connectivity index (χ4v) is 1.68. The van der Waals surface area contributed by atoms with Crippen LogP contribution in [0.5, 0.6) is 0 Å². The molecule has 0 aliphatic rings. The smallest absolute Gasteiger partial charge is 0.241 e. The van der Waals surface area contributed by atoms with Gasteiger partial charge in [-0.1, -0.05) is 12.1 Å². The first-order valence-electron chi connectivity index (χ1n) is 5.50. The van der Waals surface area contributed by atoms with E-state index in [1.165, 1.54) is 11.3 Å². The van der Waals surface area contributed by atoms with Crippen molar-refractivity contribution in [1.29, 1.82) is 0 Å². The standard InChI is InChI=1S/C13H21NOSi/c1-14(2)13-8-6-12(7-9-13)10-11-15-16(3,4)5/h6-11H,1-5H3/b11-10-. The Labute approximate surface area is 99.7 Å². The van der Waals surface area contributed by atoms with Crippen LogP contribution in [0, 0.1) is 0 Å². The van der Waals surface area contributed by atoms with E-state index in [1.807, 2.05) is 26.4 Å². The molecule has 0 fully saturated rings. The second kappa shape index (κ2) is 5.21. The zero-order valence-corrected chi connectivity index (χ0v) is 11.8. The van der Waals surface area contributed by atoms with Gasteiger partial charge in [-0.2, -0.15) is 0 Å². The number of rotatable bonds is 4. The number of hydrogen-bond donors (Lipinski definition) is 0. The van der Waals surface area contributed by atoms with Crippen molar-refractivity contribution >= 4 is 20.1 Å². The van der Waals surface area contributed by atoms with Crippen LogP contribution in [0.2, 0.25) is 19.6 Å². The molecule has 0 aliphatic carbocycles. The van der Waals surface area contributed by atoms with Gasteiger partial charge in [0.2, 0.25) is 8.32 Å². The molecule has 0 N–H and O–H groups in total. The van der Waals surface area contributed by atoms with Gasteiger partial charge in [-0.25, -0.2) is 0 Å². The third-order valence-corrected chi connectivity index (χ3v) is 2.93. The Bertz CT molecular complexity index is 349. The van der Waals surface area contributed by atoms with Gasteiger partial charge < -0.3 is 9.33 Å². The number of hydrogen-bond acceptors (Lipinski definition) is 2. The van der Waals surface area contributed by atoms with Crippen LogP contribution in [0.15, 0.2) is 30.5 Å². The summed E-state index contributed by atoms with van der Waals surface area (Å²) in [6, 6.07) is 8.40. The molecule has 0 aromatic heterocycles. The quantitative estimate of drug-likeness (QED) is 0.584. The molecule has 2 nitrogen and oxygen atoms in total. The van der Waals surface area contributed by atoms with Gasteiger partial charge in [0.25, 0.3) is 0 Å². The van der Waals surface area contributed by atoms with Crippen molar-refractivity contribution in [3.63, 3.8) is 0 Å². The summed E-state index contributed by atoms with van der Waals surface area (Å²) in [6.07, 6.45) is 3.83. The molecule has 0 saturated heterocycles. The molecule has 88 valence electrons. The molecular formula is C13H21NOSi. The Morgan fingerprint density at radius 2 is 1.62 bits per heavy atom. The highest BCUT2D eigenvalue weighted by atomic mass is 28.4. The van der Waals surface area contributed by atoms with Crippen molar-refractivity contribution in [2.45, 2.75) is 19.6 Å². The van der Waals surface area contributed by atoms with Crippen LogP contribution in [0.25, 0.3) is 6.08 Å². The van der Waals surface area contributed by atoms with Crippen LogP contribution in [0.1, 0.15) is 5.56 Å². The van der Waals surface area contributed by atoms with Gasteiger partial charge in [-0.15, -0.1) is 0 Å². The average molecular weight is 235 g/mol. The Morgan fingerprint density at radius 1 is 1.06 bits per heavy atom. The molecule has 0 saturated carbocycles. The van der Waals surface area contributed by atoms with E-state index in [1.54, 1.807) is 0 Å². The first kappa shape index (κ1) is 12.8. The summed E-state index contributed by atoms with van der Waals surface area (Å²) < 4.78 is 5.66. The molecule has 0 heterocycles. The molecule has 16 heavy (non-hydrogen) atoms. The fraction of sp³-hybridized carbons (Fsp3) is 0.385. The van der Waals surface area contributed by atoms with E-state index in [-0.39, 0.29) is 0 Å². The van der Waals surface area contributed by atoms with Gasteiger partial charge in [-0.05, 0) is 43.4 Å². The average Bonchev–Trinajstić information content (AvgIpc) is 2.16. The first-order valence-corrected chi connectivity index (χ1v) is 8.91. The number of benzene rings is 1. The van der Waals surface area contributed by atoms with Gasteiger partial charge >= 0.3 is 0 Å². The monoisotopic (exact) mass is 235 g/mol. The zero-order valence-electron chi connectivity index (χ0n) is 10.8. The fourth-order valence-electron chi connectivity index (χ4n) is 1.20. The highest BCUT2D eigenvalue weighted by molar-refractivity contribution is 6.69. The van der Waals surface area contributed by atoms with E-state index < -0.39 is 8.32 Å². The normalized spacial score (nSPS) is 11.8. The summed E-state index contributed by atoms with van der Waals surface area (Å²) >= 11 is 0. The van der Waals surface area contributed by atoms with Crippen molar-refractivity contribution in [3.8, 4) is 0 Å². The highest BCUT2D eigenvalue weighted by Gasteiger charge is 2.12. The van der Waals surface area contributed by atoms with Gasteiger partial charge in [0.1, 0.15) is 0 Å². The molecule has 1 aromatic rings. The van der Waals surface area contributed by atoms with E-state index in [0.29, 0.717) is 0 Å². The number of nitrogens with zero attached hydrogens (tertiary/aromatic N) is 1. The third-order valence-electron chi connectivity index (χ3n) is 2.09. The number of anilines is 1. The molecule has 0 radical (unpaired) electrons. The molecule has 0 aliphatic heterocycles. The lowest BCUT2D eigenvalue weighted by Crippen LogP contribution is -2.21. The molecular weight excluding hydrogens is 214 g/mol. The third kappa shape index (κ3) is 4.53. The predicted molar refractivity (Wildman–Crippen MR) is 74.2 cm³/mol. The Balaban J connectivity index is 2.62. The van der Waals surface area contributed by atoms with Crippen molar-refractivity contribution < 1.29 is 4.43 Å². The summed E-state index contributed by atoms with van der Waals surface area (Å²) in [5, 5.41) is 0. The van der Waals surface area contributed by atoms with Crippen molar-refractivity contribution in [2.75, 3.05) is 19.0 Å². The van der Waals surface area contributed by atoms with Crippen molar-refractivity contribution in [3.05, 3.63) is 36.1 Å². The molecule has 0 unspecified atom stereocenters. The SMILES string of the molecule is CN(C)c1ccc(/C=C\O[Si](C)(C)C)cc1. The van der Waals surface area contributed by atoms with E-state index in [9.17, 15) is 0 Å². The molecule has 0 spiro atoms. The second-order valence-corrected chi connectivity index (χ2v) is 9.48. The van der Waals surface area contributed by atoms with Crippen LogP contribution in [0.4, 0.5) is 5.69 Å². The van der Waals surface area contributed by atoms with Crippen molar-refractivity contribution in [1.82, 2.24) is 0 Å². The summed E-state index contributed by atoms with van der Waals surface area (Å²) in [4.78, 5) is 2.09. The summed E-state index contributed by atoms with van der Waals surface area (Å²) in [5.41, 5.74) is 2.38. The van der Waals surface area contributed by atoms with Crippen LogP contribution in [-0.2, 0) is 4.43 Å². The minimum atomic E-state index is -1.43. The largest absolute Gasteiger partial charge is 0.550 e. The lowest BCUT2D eigenvalue weighted by Gasteiger charge is -2.15. The van der Waals surface area contributed by atoms with Crippen LogP contribution < -0.4 is 4.90 Å². The van der Waals surface area contributed by atoms with Gasteiger partial charge in [0.05, 0.1) is 6.26 Å². The summed E-state index contributed by atoms with van der Waals surface area (Å²) in [6.45, 7) is 6.52. The molecule has 0 bridgehead atoms. The van der Waals surface area contributed by atoms with Gasteiger partial charge in [-0.3, -0.25) is 0 Å². The topological polar surface area (TPSA) is 12.5 Å². The summed E-state index contributed by atoms with van der Waals surface area (Å²) in [5.74, 6) is 0. The van der Waals surface area contributed by atoms with E-state index >= 15 is 0 Å². The molecule has 1 aromatic carbocycles. The van der Waals surface area contributed by atoms with Crippen LogP contribution >= 0.6 is 0 Å². The molecule has 0 amide bonds. The molecule has 1 rings (SSSR count). The second-order valence-electron chi connectivity index (χ2n) is 5.02. The first-order chi connectivity index (χ1) is 7.38. The van der Waals surface area contributed by atoms with Crippen LogP contribution in [-0.4, -0.2) is 22.4 Å². The van der Waals surface area contributed by atoms with E-state index in [4.69, 9.17) is 4.43 Å². The lowest BCUT2D eigenvalue weighted by molar-refractivity contribution is 0.483. The highest BCUT2D eigenvalue weighted by Crippen LogP contribution is 2.13. The Hall–Kier alpha value is -1.22. The Kier molecular flexibility index (Phi) is 4.18. The summed E-state index contributed by atoms with van der Waals surface area (Å²) in [7, 11) is 2.65. The molecule has 0 atom stereocenters. The van der Waals surface area contributed by atoms with Crippen LogP contribution in [0.3, 0.4) is 0 Å². The van der Waals surface area contributed by atoms with E-state index in [2.05, 4.69) is 48.8 Å². The lowest BCUT2D eigenvalue weighted by atomic mass is 10.2. The van der Waals surface area contributed by atoms with Gasteiger partial charge in [0, 0.05) is 19.8 Å². The maximum absolute atomic E-state index is 5.66. The minimum Gasteiger partial charge on any atom is -0.550 e. The maximum Gasteiger partial charge on any atom is 0.241 e. The van der Waals surface area contributed by atoms with E-state index in [0.717, 1.165) is 0 Å². The Morgan fingerprint density at radius 3 is 2.06 bits per heavy atom. The zero-order chi connectivity index (χ0) is 12.2. The van der Waals surface area contributed by atoms with Crippen molar-refractivity contribution in [2.24, 2.45) is 0 Å². The predicted octanol–water partition coefficient (Wildman–Crippen LogP) is 3.57. The molecule has 3 heteroatoms. The maximum atomic E-state index is 5.66. The minimum absolute atomic E-state index is 1.17. The van der Waals surface area contributed by atoms with Gasteiger partial charge in [0.15, 0.2) is 0 Å².